The number of sulfonamides is 1. The molecular weight excluding hydrogens is 340 g/mol. The smallest absolute Gasteiger partial charge is 0.228 e. The fourth-order valence-electron chi connectivity index (χ4n) is 2.52. The molecule has 1 aromatic carbocycles. The number of anilines is 1. The third-order valence-electron chi connectivity index (χ3n) is 3.83. The van der Waals surface area contributed by atoms with Crippen LogP contribution in [0, 0.1) is 5.92 Å². The molecule has 1 aliphatic rings. The van der Waals surface area contributed by atoms with Gasteiger partial charge in [-0.2, -0.15) is 0 Å². The summed E-state index contributed by atoms with van der Waals surface area (Å²) in [6.07, 6.45) is 1.32. The fraction of sp³-hybridized carbons (Fsp3) is 0.533. The average Bonchev–Trinajstić information content (AvgIpc) is 2.55. The Balaban J connectivity index is 2.00. The molecule has 0 bridgehead atoms. The molecule has 0 saturated carbocycles. The number of methoxy groups -OCH3 is 1. The Bertz CT molecular complexity index is 651. The number of halogens is 1. The van der Waals surface area contributed by atoms with Gasteiger partial charge in [-0.15, -0.1) is 0 Å². The van der Waals surface area contributed by atoms with Crippen LogP contribution in [0.2, 0.25) is 5.02 Å². The van der Waals surface area contributed by atoms with Crippen molar-refractivity contribution >= 4 is 33.2 Å². The van der Waals surface area contributed by atoms with Gasteiger partial charge >= 0.3 is 0 Å². The first-order chi connectivity index (χ1) is 10.9. The van der Waals surface area contributed by atoms with Gasteiger partial charge in [-0.05, 0) is 25.0 Å². The van der Waals surface area contributed by atoms with E-state index in [0.29, 0.717) is 30.1 Å². The van der Waals surface area contributed by atoms with Gasteiger partial charge < -0.3 is 10.1 Å². The van der Waals surface area contributed by atoms with Gasteiger partial charge in [-0.25, -0.2) is 12.7 Å². The molecular formula is C15H21ClN2O4S. The van der Waals surface area contributed by atoms with Crippen molar-refractivity contribution in [1.82, 2.24) is 4.31 Å². The van der Waals surface area contributed by atoms with E-state index < -0.39 is 10.0 Å². The Morgan fingerprint density at radius 3 is 2.87 bits per heavy atom. The van der Waals surface area contributed by atoms with Crippen molar-refractivity contribution < 1.29 is 17.9 Å². The van der Waals surface area contributed by atoms with Crippen molar-refractivity contribution in [2.75, 3.05) is 37.9 Å². The molecule has 0 aromatic heterocycles. The lowest BCUT2D eigenvalue weighted by Crippen LogP contribution is -2.45. The van der Waals surface area contributed by atoms with Gasteiger partial charge in [0.15, 0.2) is 0 Å². The molecule has 8 heteroatoms. The molecule has 0 aliphatic carbocycles. The first kappa shape index (κ1) is 18.2. The van der Waals surface area contributed by atoms with E-state index in [-0.39, 0.29) is 30.7 Å². The summed E-state index contributed by atoms with van der Waals surface area (Å²) < 4.78 is 30.7. The summed E-state index contributed by atoms with van der Waals surface area (Å²) in [6.45, 7) is 0.791. The Hall–Kier alpha value is -1.15. The van der Waals surface area contributed by atoms with Crippen molar-refractivity contribution in [3.8, 4) is 0 Å². The summed E-state index contributed by atoms with van der Waals surface area (Å²) in [6, 6.07) is 6.97. The molecule has 1 aliphatic heterocycles. The molecule has 1 N–H and O–H groups in total. The summed E-state index contributed by atoms with van der Waals surface area (Å²) in [7, 11) is -1.93. The second-order valence-corrected chi connectivity index (χ2v) is 7.97. The first-order valence-corrected chi connectivity index (χ1v) is 9.45. The lowest BCUT2D eigenvalue weighted by Gasteiger charge is -2.31. The zero-order valence-corrected chi connectivity index (χ0v) is 14.6. The number of nitrogens with one attached hydrogen (secondary N) is 1. The van der Waals surface area contributed by atoms with Crippen LogP contribution >= 0.6 is 11.6 Å². The Labute approximate surface area is 141 Å². The standard InChI is InChI=1S/C15H21ClN2O4S/c1-22-9-10-23(20,21)18-8-4-5-12(11-18)15(19)17-14-7-3-2-6-13(14)16/h2-3,6-7,12H,4-5,8-11H2,1H3,(H,17,19). The van der Waals surface area contributed by atoms with Crippen LogP contribution in [0.5, 0.6) is 0 Å². The number of hydrogen-bond acceptors (Lipinski definition) is 4. The molecule has 2 rings (SSSR count). The molecule has 128 valence electrons. The fourth-order valence-corrected chi connectivity index (χ4v) is 4.16. The second kappa shape index (κ2) is 8.10. The predicted molar refractivity (Wildman–Crippen MR) is 90.0 cm³/mol. The molecule has 1 atom stereocenters. The van der Waals surface area contributed by atoms with Crippen molar-refractivity contribution in [1.29, 1.82) is 0 Å². The van der Waals surface area contributed by atoms with Crippen LogP contribution in [-0.2, 0) is 19.6 Å². The number of para-hydroxylation sites is 1. The molecule has 0 spiro atoms. The summed E-state index contributed by atoms with van der Waals surface area (Å²) in [5, 5.41) is 3.24. The van der Waals surface area contributed by atoms with Gasteiger partial charge in [0, 0.05) is 20.2 Å². The summed E-state index contributed by atoms with van der Waals surface area (Å²) in [5.41, 5.74) is 0.540. The van der Waals surface area contributed by atoms with Crippen molar-refractivity contribution in [2.45, 2.75) is 12.8 Å². The number of carbonyl (C=O) groups excluding carboxylic acids is 1. The third-order valence-corrected chi connectivity index (χ3v) is 5.96. The van der Waals surface area contributed by atoms with E-state index in [1.54, 1.807) is 24.3 Å². The highest BCUT2D eigenvalue weighted by atomic mass is 35.5. The van der Waals surface area contributed by atoms with Crippen LogP contribution in [0.1, 0.15) is 12.8 Å². The lowest BCUT2D eigenvalue weighted by atomic mass is 9.99. The van der Waals surface area contributed by atoms with Crippen molar-refractivity contribution in [3.05, 3.63) is 29.3 Å². The van der Waals surface area contributed by atoms with E-state index in [4.69, 9.17) is 16.3 Å². The van der Waals surface area contributed by atoms with Crippen molar-refractivity contribution in [3.63, 3.8) is 0 Å². The van der Waals surface area contributed by atoms with Gasteiger partial charge in [0.1, 0.15) is 0 Å². The number of benzene rings is 1. The highest BCUT2D eigenvalue weighted by molar-refractivity contribution is 7.89. The summed E-state index contributed by atoms with van der Waals surface area (Å²) >= 11 is 6.03. The van der Waals surface area contributed by atoms with Gasteiger partial charge in [0.05, 0.1) is 29.0 Å². The van der Waals surface area contributed by atoms with E-state index in [2.05, 4.69) is 5.32 Å². The monoisotopic (exact) mass is 360 g/mol. The van der Waals surface area contributed by atoms with Gasteiger partial charge in [-0.3, -0.25) is 4.79 Å². The van der Waals surface area contributed by atoms with E-state index >= 15 is 0 Å². The highest BCUT2D eigenvalue weighted by Gasteiger charge is 2.32. The van der Waals surface area contributed by atoms with Gasteiger partial charge in [0.2, 0.25) is 15.9 Å². The number of nitrogens with zero attached hydrogens (tertiary/aromatic N) is 1. The molecule has 1 amide bonds. The zero-order chi connectivity index (χ0) is 16.9. The Morgan fingerprint density at radius 2 is 2.17 bits per heavy atom. The number of hydrogen-bond donors (Lipinski definition) is 1. The summed E-state index contributed by atoms with van der Waals surface area (Å²) in [4.78, 5) is 12.4. The van der Waals surface area contributed by atoms with Crippen LogP contribution in [0.3, 0.4) is 0 Å². The number of carbonyl (C=O) groups is 1. The molecule has 1 fully saturated rings. The molecule has 1 saturated heterocycles. The highest BCUT2D eigenvalue weighted by Crippen LogP contribution is 2.24. The van der Waals surface area contributed by atoms with Crippen LogP contribution in [0.15, 0.2) is 24.3 Å². The van der Waals surface area contributed by atoms with E-state index in [1.807, 2.05) is 0 Å². The average molecular weight is 361 g/mol. The number of piperidine rings is 1. The maximum absolute atomic E-state index is 12.4. The van der Waals surface area contributed by atoms with Crippen LogP contribution < -0.4 is 5.32 Å². The largest absolute Gasteiger partial charge is 0.384 e. The number of amides is 1. The molecule has 1 heterocycles. The van der Waals surface area contributed by atoms with Gasteiger partial charge in [0.25, 0.3) is 0 Å². The molecule has 6 nitrogen and oxygen atoms in total. The van der Waals surface area contributed by atoms with Crippen LogP contribution in [0.25, 0.3) is 0 Å². The minimum absolute atomic E-state index is 0.0671. The van der Waals surface area contributed by atoms with E-state index in [9.17, 15) is 13.2 Å². The zero-order valence-electron chi connectivity index (χ0n) is 13.0. The quantitative estimate of drug-likeness (QED) is 0.841. The topological polar surface area (TPSA) is 75.7 Å². The lowest BCUT2D eigenvalue weighted by molar-refractivity contribution is -0.120. The van der Waals surface area contributed by atoms with Crippen molar-refractivity contribution in [2.24, 2.45) is 5.92 Å². The number of rotatable bonds is 6. The maximum atomic E-state index is 12.4. The molecule has 1 aromatic rings. The van der Waals surface area contributed by atoms with E-state index in [1.165, 1.54) is 11.4 Å². The van der Waals surface area contributed by atoms with Crippen LogP contribution in [-0.4, -0.2) is 51.2 Å². The SMILES string of the molecule is COCCS(=O)(=O)N1CCCC(C(=O)Nc2ccccc2Cl)C1. The predicted octanol–water partition coefficient (Wildman–Crippen LogP) is 1.97. The second-order valence-electron chi connectivity index (χ2n) is 5.48. The molecule has 23 heavy (non-hydrogen) atoms. The Morgan fingerprint density at radius 1 is 1.43 bits per heavy atom. The minimum Gasteiger partial charge on any atom is -0.384 e. The van der Waals surface area contributed by atoms with Crippen LogP contribution in [0.4, 0.5) is 5.69 Å². The molecule has 0 radical (unpaired) electrons. The third kappa shape index (κ3) is 4.91. The molecule has 1 unspecified atom stereocenters. The van der Waals surface area contributed by atoms with E-state index in [0.717, 1.165) is 0 Å². The minimum atomic E-state index is -3.39. The maximum Gasteiger partial charge on any atom is 0.228 e. The summed E-state index contributed by atoms with van der Waals surface area (Å²) in [5.74, 6) is -0.649. The van der Waals surface area contributed by atoms with Gasteiger partial charge in [-0.1, -0.05) is 23.7 Å². The Kier molecular flexibility index (Phi) is 6.41. The number of ether oxygens (including phenoxy) is 1. The first-order valence-electron chi connectivity index (χ1n) is 7.46. The normalized spacial score (nSPS) is 19.5.